The second kappa shape index (κ2) is 11.7. The molecule has 0 atom stereocenters. The average molecular weight is 430 g/mol. The molecule has 2 aromatic rings. The zero-order valence-electron chi connectivity index (χ0n) is 19.1. The lowest BCUT2D eigenvalue weighted by atomic mass is 10.1. The predicted molar refractivity (Wildman–Crippen MR) is 122 cm³/mol. The molecule has 1 fully saturated rings. The molecule has 2 N–H and O–H groups in total. The van der Waals surface area contributed by atoms with E-state index in [1.807, 2.05) is 18.5 Å². The van der Waals surface area contributed by atoms with E-state index in [9.17, 15) is 0 Å². The van der Waals surface area contributed by atoms with Crippen LogP contribution in [-0.4, -0.2) is 78.7 Å². The van der Waals surface area contributed by atoms with Crippen molar-refractivity contribution in [2.75, 3.05) is 53.0 Å². The number of nitrogens with one attached hydrogen (secondary N) is 2. The predicted octanol–water partition coefficient (Wildman–Crippen LogP) is 1.05. The van der Waals surface area contributed by atoms with E-state index in [1.54, 1.807) is 7.11 Å². The van der Waals surface area contributed by atoms with Crippen LogP contribution in [0.1, 0.15) is 22.8 Å². The highest BCUT2D eigenvalue weighted by atomic mass is 16.5. The van der Waals surface area contributed by atoms with Crippen LogP contribution in [0.25, 0.3) is 0 Å². The molecule has 1 saturated heterocycles. The summed E-state index contributed by atoms with van der Waals surface area (Å²) in [4.78, 5) is 7.13. The number of aliphatic imine (C=N–C) groups is 1. The molecule has 1 aliphatic heterocycles. The Morgan fingerprint density at radius 2 is 1.94 bits per heavy atom. The minimum atomic E-state index is 0.475. The van der Waals surface area contributed by atoms with Crippen LogP contribution in [0.2, 0.25) is 0 Å². The molecule has 0 aliphatic carbocycles. The molecule has 1 aromatic carbocycles. The third kappa shape index (κ3) is 6.93. The topological polar surface area (TPSA) is 88.8 Å². The number of methoxy groups -OCH3 is 1. The molecule has 0 bridgehead atoms. The van der Waals surface area contributed by atoms with Gasteiger partial charge in [-0.05, 0) is 37.5 Å². The molecule has 9 nitrogen and oxygen atoms in total. The molecule has 0 radical (unpaired) electrons. The molecule has 0 amide bonds. The average Bonchev–Trinajstić information content (AvgIpc) is 3.11. The van der Waals surface area contributed by atoms with Crippen LogP contribution in [0, 0.1) is 13.8 Å². The van der Waals surface area contributed by atoms with Crippen molar-refractivity contribution in [1.82, 2.24) is 30.3 Å². The summed E-state index contributed by atoms with van der Waals surface area (Å²) in [5, 5.41) is 15.2. The van der Waals surface area contributed by atoms with Gasteiger partial charge in [0.1, 0.15) is 18.1 Å². The molecule has 31 heavy (non-hydrogen) atoms. The molecule has 3 rings (SSSR count). The maximum absolute atomic E-state index is 5.44. The maximum Gasteiger partial charge on any atom is 0.191 e. The number of nitrogens with zero attached hydrogens (tertiary/aromatic N) is 5. The van der Waals surface area contributed by atoms with E-state index in [1.165, 1.54) is 5.56 Å². The number of ether oxygens (including phenoxy) is 2. The first-order valence-corrected chi connectivity index (χ1v) is 10.9. The van der Waals surface area contributed by atoms with Gasteiger partial charge in [0.05, 0.1) is 20.3 Å². The van der Waals surface area contributed by atoms with Gasteiger partial charge in [0, 0.05) is 39.8 Å². The molecule has 170 valence electrons. The summed E-state index contributed by atoms with van der Waals surface area (Å²) < 4.78 is 12.8. The molecular formula is C22H35N7O2. The largest absolute Gasteiger partial charge is 0.496 e. The summed E-state index contributed by atoms with van der Waals surface area (Å²) in [5.74, 6) is 3.43. The van der Waals surface area contributed by atoms with Gasteiger partial charge < -0.3 is 24.7 Å². The fourth-order valence-corrected chi connectivity index (χ4v) is 3.42. The van der Waals surface area contributed by atoms with E-state index in [4.69, 9.17) is 14.5 Å². The molecule has 0 spiro atoms. The van der Waals surface area contributed by atoms with Crippen molar-refractivity contribution >= 4 is 5.96 Å². The van der Waals surface area contributed by atoms with Gasteiger partial charge in [-0.3, -0.25) is 4.90 Å². The number of rotatable bonds is 9. The Morgan fingerprint density at radius 1 is 1.16 bits per heavy atom. The van der Waals surface area contributed by atoms with Crippen molar-refractivity contribution in [1.29, 1.82) is 0 Å². The summed E-state index contributed by atoms with van der Waals surface area (Å²) in [5.41, 5.74) is 2.37. The lowest BCUT2D eigenvalue weighted by molar-refractivity contribution is 0.0389. The van der Waals surface area contributed by atoms with E-state index in [2.05, 4.69) is 50.9 Å². The third-order valence-corrected chi connectivity index (χ3v) is 5.56. The standard InChI is InChI=1S/C22H35N7O2/c1-17-5-6-19(15-20(17)30-4)7-8-23-22(24-9-10-29-11-13-31-14-12-29)25-16-21-27-26-18(2)28(21)3/h5-6,15H,7-14,16H2,1-4H3,(H2,23,24,25). The summed E-state index contributed by atoms with van der Waals surface area (Å²) >= 11 is 0. The quantitative estimate of drug-likeness (QED) is 0.455. The Kier molecular flexibility index (Phi) is 8.66. The number of guanidine groups is 1. The normalized spacial score (nSPS) is 15.2. The van der Waals surface area contributed by atoms with E-state index in [0.717, 1.165) is 81.3 Å². The molecule has 2 heterocycles. The minimum Gasteiger partial charge on any atom is -0.496 e. The first-order chi connectivity index (χ1) is 15.1. The highest BCUT2D eigenvalue weighted by molar-refractivity contribution is 5.79. The van der Waals surface area contributed by atoms with Gasteiger partial charge in [-0.2, -0.15) is 0 Å². The summed E-state index contributed by atoms with van der Waals surface area (Å²) in [6.45, 7) is 10.6. The Hall–Kier alpha value is -2.65. The molecule has 0 unspecified atom stereocenters. The van der Waals surface area contributed by atoms with Crippen LogP contribution in [0.5, 0.6) is 5.75 Å². The number of aryl methyl sites for hydroxylation is 2. The van der Waals surface area contributed by atoms with Crippen molar-refractivity contribution < 1.29 is 9.47 Å². The minimum absolute atomic E-state index is 0.475. The summed E-state index contributed by atoms with van der Waals surface area (Å²) in [7, 11) is 3.67. The molecular weight excluding hydrogens is 394 g/mol. The smallest absolute Gasteiger partial charge is 0.191 e. The van der Waals surface area contributed by atoms with Crippen molar-refractivity contribution in [3.8, 4) is 5.75 Å². The van der Waals surface area contributed by atoms with Gasteiger partial charge in [0.2, 0.25) is 0 Å². The van der Waals surface area contributed by atoms with Crippen LogP contribution in [-0.2, 0) is 24.8 Å². The van der Waals surface area contributed by atoms with Gasteiger partial charge in [0.25, 0.3) is 0 Å². The number of aromatic nitrogens is 3. The molecule has 0 saturated carbocycles. The third-order valence-electron chi connectivity index (χ3n) is 5.56. The highest BCUT2D eigenvalue weighted by Crippen LogP contribution is 2.19. The lowest BCUT2D eigenvalue weighted by Gasteiger charge is -2.26. The first kappa shape index (κ1) is 23.0. The van der Waals surface area contributed by atoms with Crippen molar-refractivity contribution in [2.24, 2.45) is 12.0 Å². The Balaban J connectivity index is 1.56. The van der Waals surface area contributed by atoms with Crippen LogP contribution in [0.3, 0.4) is 0 Å². The van der Waals surface area contributed by atoms with E-state index in [-0.39, 0.29) is 0 Å². The monoisotopic (exact) mass is 429 g/mol. The zero-order chi connectivity index (χ0) is 22.1. The van der Waals surface area contributed by atoms with Gasteiger partial charge in [-0.1, -0.05) is 12.1 Å². The summed E-state index contributed by atoms with van der Waals surface area (Å²) in [6, 6.07) is 6.34. The summed E-state index contributed by atoms with van der Waals surface area (Å²) in [6.07, 6.45) is 0.879. The van der Waals surface area contributed by atoms with Gasteiger partial charge in [-0.25, -0.2) is 4.99 Å². The lowest BCUT2D eigenvalue weighted by Crippen LogP contribution is -2.44. The van der Waals surface area contributed by atoms with Crippen molar-refractivity contribution in [3.05, 3.63) is 41.0 Å². The van der Waals surface area contributed by atoms with Crippen LogP contribution in [0.4, 0.5) is 0 Å². The first-order valence-electron chi connectivity index (χ1n) is 10.9. The molecule has 9 heteroatoms. The zero-order valence-corrected chi connectivity index (χ0v) is 19.1. The van der Waals surface area contributed by atoms with E-state index >= 15 is 0 Å². The van der Waals surface area contributed by atoms with E-state index < -0.39 is 0 Å². The highest BCUT2D eigenvalue weighted by Gasteiger charge is 2.10. The van der Waals surface area contributed by atoms with Crippen LogP contribution >= 0.6 is 0 Å². The number of benzene rings is 1. The van der Waals surface area contributed by atoms with Gasteiger partial charge >= 0.3 is 0 Å². The number of hydrogen-bond donors (Lipinski definition) is 2. The Labute approximate surface area is 184 Å². The second-order valence-electron chi connectivity index (χ2n) is 7.75. The van der Waals surface area contributed by atoms with Crippen molar-refractivity contribution in [3.63, 3.8) is 0 Å². The van der Waals surface area contributed by atoms with E-state index in [0.29, 0.717) is 6.54 Å². The van der Waals surface area contributed by atoms with Crippen LogP contribution in [0.15, 0.2) is 23.2 Å². The van der Waals surface area contributed by atoms with Crippen molar-refractivity contribution in [2.45, 2.75) is 26.8 Å². The van der Waals surface area contributed by atoms with Gasteiger partial charge in [0.15, 0.2) is 11.8 Å². The Bertz CT molecular complexity index is 860. The molecule has 1 aliphatic rings. The van der Waals surface area contributed by atoms with Crippen LogP contribution < -0.4 is 15.4 Å². The Morgan fingerprint density at radius 3 is 2.65 bits per heavy atom. The SMILES string of the molecule is COc1cc(CCNC(=NCc2nnc(C)n2C)NCCN2CCOCC2)ccc1C. The number of hydrogen-bond acceptors (Lipinski definition) is 6. The molecule has 1 aromatic heterocycles. The number of morpholine rings is 1. The fraction of sp³-hybridized carbons (Fsp3) is 0.591. The van der Waals surface area contributed by atoms with Gasteiger partial charge in [-0.15, -0.1) is 10.2 Å². The second-order valence-corrected chi connectivity index (χ2v) is 7.75. The maximum atomic E-state index is 5.44. The fourth-order valence-electron chi connectivity index (χ4n) is 3.42.